The standard InChI is InChI=1S/C20H29N3.C4H4O4/c1-5-21-12-13-22(14(2)3)18-10-11-23-17-9-7-6-8-16(17)15(4)19(23)20(18)21;5-3(6)1-2-4(7)8/h6-9,14,18,20H,5,10-13H2,1-4H3;1-2H,(H,5,6)(H,7,8)/b;2-1+/t18-,20+;/m1./s1. The summed E-state index contributed by atoms with van der Waals surface area (Å²) in [5.41, 5.74) is 4.50. The summed E-state index contributed by atoms with van der Waals surface area (Å²) < 4.78 is 2.61. The molecule has 3 heterocycles. The summed E-state index contributed by atoms with van der Waals surface area (Å²) in [6.45, 7) is 14.1. The molecule has 0 bridgehead atoms. The Bertz CT molecular complexity index is 963. The van der Waals surface area contributed by atoms with Crippen molar-refractivity contribution in [3.05, 3.63) is 47.7 Å². The van der Waals surface area contributed by atoms with Crippen molar-refractivity contribution in [1.29, 1.82) is 0 Å². The molecule has 4 rings (SSSR count). The minimum atomic E-state index is -1.26. The summed E-state index contributed by atoms with van der Waals surface area (Å²) in [5, 5.41) is 17.1. The van der Waals surface area contributed by atoms with E-state index in [9.17, 15) is 9.59 Å². The van der Waals surface area contributed by atoms with E-state index in [0.717, 1.165) is 13.1 Å². The molecule has 1 aromatic heterocycles. The Labute approximate surface area is 183 Å². The second-order valence-corrected chi connectivity index (χ2v) is 8.45. The fourth-order valence-electron chi connectivity index (χ4n) is 5.17. The van der Waals surface area contributed by atoms with Crippen molar-refractivity contribution >= 4 is 22.8 Å². The maximum atomic E-state index is 9.55. The van der Waals surface area contributed by atoms with Gasteiger partial charge < -0.3 is 14.8 Å². The zero-order valence-corrected chi connectivity index (χ0v) is 18.8. The number of likely N-dealkylation sites (N-methyl/N-ethyl adjacent to an activating group) is 1. The highest BCUT2D eigenvalue weighted by molar-refractivity contribution is 5.89. The SMILES string of the molecule is CCN1CCN(C(C)C)[C@@H]2CCn3c(c(C)c4ccccc43)[C@H]21.O=C(O)/C=C/C(=O)O. The van der Waals surface area contributed by atoms with Gasteiger partial charge in [-0.05, 0) is 45.4 Å². The number of aromatic nitrogens is 1. The van der Waals surface area contributed by atoms with Gasteiger partial charge in [-0.25, -0.2) is 9.59 Å². The highest BCUT2D eigenvalue weighted by Crippen LogP contribution is 2.42. The molecule has 1 aromatic carbocycles. The van der Waals surface area contributed by atoms with Gasteiger partial charge in [0.25, 0.3) is 0 Å². The molecule has 0 amide bonds. The van der Waals surface area contributed by atoms with Crippen LogP contribution in [-0.4, -0.2) is 68.2 Å². The summed E-state index contributed by atoms with van der Waals surface area (Å²) in [6, 6.07) is 10.8. The first-order valence-electron chi connectivity index (χ1n) is 11.0. The van der Waals surface area contributed by atoms with Crippen molar-refractivity contribution in [2.75, 3.05) is 19.6 Å². The molecule has 0 unspecified atom stereocenters. The second-order valence-electron chi connectivity index (χ2n) is 8.45. The van der Waals surface area contributed by atoms with Gasteiger partial charge in [0.1, 0.15) is 0 Å². The fraction of sp³-hybridized carbons (Fsp3) is 0.500. The van der Waals surface area contributed by atoms with Crippen LogP contribution in [0.25, 0.3) is 10.9 Å². The number of aliphatic carboxylic acids is 2. The van der Waals surface area contributed by atoms with Crippen LogP contribution in [0.2, 0.25) is 0 Å². The number of aryl methyl sites for hydroxylation is 2. The van der Waals surface area contributed by atoms with Gasteiger partial charge >= 0.3 is 11.9 Å². The minimum absolute atomic E-state index is 0.553. The Balaban J connectivity index is 0.000000293. The first-order valence-corrected chi connectivity index (χ1v) is 11.0. The Hall–Kier alpha value is -2.64. The molecule has 2 N–H and O–H groups in total. The molecule has 2 atom stereocenters. The number of carboxylic acid groups (broad SMARTS) is 2. The number of fused-ring (bicyclic) bond motifs is 5. The summed E-state index contributed by atoms with van der Waals surface area (Å²) in [7, 11) is 0. The molecule has 0 aliphatic carbocycles. The Morgan fingerprint density at radius 1 is 1.10 bits per heavy atom. The molecular formula is C24H33N3O4. The molecule has 0 saturated carbocycles. The van der Waals surface area contributed by atoms with Crippen molar-refractivity contribution in [2.24, 2.45) is 0 Å². The van der Waals surface area contributed by atoms with Crippen LogP contribution in [0.5, 0.6) is 0 Å². The number of benzene rings is 1. The van der Waals surface area contributed by atoms with E-state index in [4.69, 9.17) is 10.2 Å². The van der Waals surface area contributed by atoms with E-state index in [1.54, 1.807) is 5.69 Å². The van der Waals surface area contributed by atoms with Crippen molar-refractivity contribution in [1.82, 2.24) is 14.4 Å². The number of carboxylic acids is 2. The predicted molar refractivity (Wildman–Crippen MR) is 121 cm³/mol. The Morgan fingerprint density at radius 2 is 1.74 bits per heavy atom. The van der Waals surface area contributed by atoms with Crippen molar-refractivity contribution < 1.29 is 19.8 Å². The molecule has 1 saturated heterocycles. The lowest BCUT2D eigenvalue weighted by Gasteiger charge is -2.51. The molecule has 0 radical (unpaired) electrons. The van der Waals surface area contributed by atoms with Crippen LogP contribution in [0.4, 0.5) is 0 Å². The van der Waals surface area contributed by atoms with Crippen LogP contribution in [0.3, 0.4) is 0 Å². The summed E-state index contributed by atoms with van der Waals surface area (Å²) >= 11 is 0. The van der Waals surface area contributed by atoms with Crippen LogP contribution < -0.4 is 0 Å². The van der Waals surface area contributed by atoms with E-state index in [2.05, 4.69) is 66.3 Å². The maximum absolute atomic E-state index is 9.55. The molecule has 2 aliphatic rings. The average Bonchev–Trinajstić information content (AvgIpc) is 3.04. The molecule has 0 spiro atoms. The lowest BCUT2D eigenvalue weighted by Crippen LogP contribution is -2.58. The first kappa shape index (κ1) is 23.0. The quantitative estimate of drug-likeness (QED) is 0.726. The van der Waals surface area contributed by atoms with Gasteiger partial charge in [0.2, 0.25) is 0 Å². The summed E-state index contributed by atoms with van der Waals surface area (Å²) in [6.07, 6.45) is 2.38. The molecule has 168 valence electrons. The average molecular weight is 428 g/mol. The third-order valence-corrected chi connectivity index (χ3v) is 6.47. The lowest BCUT2D eigenvalue weighted by molar-refractivity contribution is -0.134. The van der Waals surface area contributed by atoms with Crippen LogP contribution in [0.15, 0.2) is 36.4 Å². The maximum Gasteiger partial charge on any atom is 0.328 e. The van der Waals surface area contributed by atoms with Gasteiger partial charge in [-0.15, -0.1) is 0 Å². The van der Waals surface area contributed by atoms with Crippen molar-refractivity contribution in [2.45, 2.75) is 58.8 Å². The highest BCUT2D eigenvalue weighted by Gasteiger charge is 2.42. The third-order valence-electron chi connectivity index (χ3n) is 6.47. The summed E-state index contributed by atoms with van der Waals surface area (Å²) in [4.78, 5) is 24.6. The van der Waals surface area contributed by atoms with Gasteiger partial charge in [0.15, 0.2) is 0 Å². The minimum Gasteiger partial charge on any atom is -0.478 e. The largest absolute Gasteiger partial charge is 0.478 e. The van der Waals surface area contributed by atoms with E-state index in [1.165, 1.54) is 36.0 Å². The van der Waals surface area contributed by atoms with Gasteiger partial charge in [0.05, 0.1) is 6.04 Å². The smallest absolute Gasteiger partial charge is 0.328 e. The molecule has 2 aliphatic heterocycles. The molecular weight excluding hydrogens is 394 g/mol. The number of para-hydroxylation sites is 1. The number of hydrogen-bond donors (Lipinski definition) is 2. The number of carbonyl (C=O) groups is 2. The van der Waals surface area contributed by atoms with Crippen LogP contribution in [-0.2, 0) is 16.1 Å². The zero-order chi connectivity index (χ0) is 22.7. The first-order chi connectivity index (χ1) is 14.8. The molecule has 7 heteroatoms. The van der Waals surface area contributed by atoms with Gasteiger partial charge in [-0.3, -0.25) is 9.80 Å². The van der Waals surface area contributed by atoms with Crippen molar-refractivity contribution in [3.8, 4) is 0 Å². The second kappa shape index (κ2) is 9.66. The fourth-order valence-corrected chi connectivity index (χ4v) is 5.17. The number of rotatable bonds is 4. The van der Waals surface area contributed by atoms with Crippen molar-refractivity contribution in [3.63, 3.8) is 0 Å². The monoisotopic (exact) mass is 427 g/mol. The van der Waals surface area contributed by atoms with Gasteiger partial charge in [-0.1, -0.05) is 25.1 Å². The normalized spacial score (nSPS) is 21.6. The molecule has 1 fully saturated rings. The number of nitrogens with zero attached hydrogens (tertiary/aromatic N) is 3. The zero-order valence-electron chi connectivity index (χ0n) is 18.8. The molecule has 7 nitrogen and oxygen atoms in total. The molecule has 2 aromatic rings. The third kappa shape index (κ3) is 4.67. The van der Waals surface area contributed by atoms with E-state index in [0.29, 0.717) is 30.3 Å². The van der Waals surface area contributed by atoms with E-state index in [1.807, 2.05) is 0 Å². The Kier molecular flexibility index (Phi) is 7.18. The van der Waals surface area contributed by atoms with E-state index >= 15 is 0 Å². The van der Waals surface area contributed by atoms with Gasteiger partial charge in [-0.2, -0.15) is 0 Å². The molecule has 31 heavy (non-hydrogen) atoms. The van der Waals surface area contributed by atoms with Crippen LogP contribution >= 0.6 is 0 Å². The van der Waals surface area contributed by atoms with Crippen LogP contribution in [0.1, 0.15) is 44.5 Å². The van der Waals surface area contributed by atoms with E-state index < -0.39 is 11.9 Å². The number of hydrogen-bond acceptors (Lipinski definition) is 4. The number of piperazine rings is 1. The van der Waals surface area contributed by atoms with E-state index in [-0.39, 0.29) is 0 Å². The Morgan fingerprint density at radius 3 is 2.32 bits per heavy atom. The highest BCUT2D eigenvalue weighted by atomic mass is 16.4. The summed E-state index contributed by atoms with van der Waals surface area (Å²) in [5.74, 6) is -2.51. The lowest BCUT2D eigenvalue weighted by atomic mass is 9.89. The van der Waals surface area contributed by atoms with Gasteiger partial charge in [0, 0.05) is 60.5 Å². The topological polar surface area (TPSA) is 86.0 Å². The predicted octanol–water partition coefficient (Wildman–Crippen LogP) is 3.52. The van der Waals surface area contributed by atoms with Crippen LogP contribution in [0, 0.1) is 6.92 Å².